The number of hydrogen-bond acceptors (Lipinski definition) is 2. The van der Waals surface area contributed by atoms with Crippen LogP contribution < -0.4 is 0 Å². The van der Waals surface area contributed by atoms with Crippen LogP contribution in [0.15, 0.2) is 18.2 Å². The number of hydrogen-bond donors (Lipinski definition) is 1. The summed E-state index contributed by atoms with van der Waals surface area (Å²) in [6.45, 7) is 2.03. The van der Waals surface area contributed by atoms with Crippen LogP contribution in [0.4, 0.5) is 8.78 Å². The van der Waals surface area contributed by atoms with E-state index in [1.54, 1.807) is 0 Å². The molecule has 0 atom stereocenters. The maximum absolute atomic E-state index is 13.0. The first-order valence-electron chi connectivity index (χ1n) is 5.07. The lowest BCUT2D eigenvalue weighted by atomic mass is 10.2. The fourth-order valence-electron chi connectivity index (χ4n) is 1.41. The topological polar surface area (TPSA) is 41.6 Å². The molecule has 1 N–H and O–H groups in total. The lowest BCUT2D eigenvalue weighted by Crippen LogP contribution is -1.87. The lowest BCUT2D eigenvalue weighted by Gasteiger charge is -1.96. The molecule has 0 aliphatic carbocycles. The molecular weight excluding hydrogens is 212 g/mol. The summed E-state index contributed by atoms with van der Waals surface area (Å²) in [7, 11) is 0. The standard InChI is InChI=1S/C11H11F2N3/c1-2-3-10-14-11(16-15-10)7-4-5-8(12)9(13)6-7/h4-6H,2-3H2,1H3,(H,14,15,16). The maximum atomic E-state index is 13.0. The van der Waals surface area contributed by atoms with Gasteiger partial charge in [0.05, 0.1) is 0 Å². The predicted molar refractivity (Wildman–Crippen MR) is 55.7 cm³/mol. The van der Waals surface area contributed by atoms with Crippen molar-refractivity contribution in [3.8, 4) is 11.4 Å². The summed E-state index contributed by atoms with van der Waals surface area (Å²) < 4.78 is 25.7. The molecule has 0 bridgehead atoms. The van der Waals surface area contributed by atoms with Crippen LogP contribution in [-0.4, -0.2) is 15.2 Å². The molecule has 1 aromatic carbocycles. The van der Waals surface area contributed by atoms with Crippen molar-refractivity contribution in [2.24, 2.45) is 0 Å². The van der Waals surface area contributed by atoms with E-state index in [2.05, 4.69) is 15.2 Å². The molecule has 0 amide bonds. The maximum Gasteiger partial charge on any atom is 0.181 e. The van der Waals surface area contributed by atoms with Crippen LogP contribution in [0, 0.1) is 11.6 Å². The van der Waals surface area contributed by atoms with E-state index in [-0.39, 0.29) is 0 Å². The Kier molecular flexibility index (Phi) is 2.94. The van der Waals surface area contributed by atoms with Crippen molar-refractivity contribution in [3.63, 3.8) is 0 Å². The van der Waals surface area contributed by atoms with Crippen molar-refractivity contribution >= 4 is 0 Å². The average Bonchev–Trinajstić information content (AvgIpc) is 2.71. The number of halogens is 2. The second-order valence-corrected chi connectivity index (χ2v) is 3.48. The summed E-state index contributed by atoms with van der Waals surface area (Å²) in [5, 5.41) is 6.71. The van der Waals surface area contributed by atoms with E-state index in [4.69, 9.17) is 0 Å². The Hall–Kier alpha value is -1.78. The second kappa shape index (κ2) is 4.38. The minimum absolute atomic E-state index is 0.391. The van der Waals surface area contributed by atoms with Crippen LogP contribution in [0.1, 0.15) is 19.2 Å². The Balaban J connectivity index is 2.31. The monoisotopic (exact) mass is 223 g/mol. The molecule has 1 aromatic heterocycles. The minimum atomic E-state index is -0.889. The van der Waals surface area contributed by atoms with Crippen LogP contribution in [0.25, 0.3) is 11.4 Å². The van der Waals surface area contributed by atoms with Crippen molar-refractivity contribution in [2.75, 3.05) is 0 Å². The van der Waals surface area contributed by atoms with Crippen LogP contribution in [0.5, 0.6) is 0 Å². The van der Waals surface area contributed by atoms with Gasteiger partial charge in [-0.25, -0.2) is 13.8 Å². The smallest absolute Gasteiger partial charge is 0.181 e. The van der Waals surface area contributed by atoms with Gasteiger partial charge in [-0.1, -0.05) is 6.92 Å². The van der Waals surface area contributed by atoms with Gasteiger partial charge in [-0.3, -0.25) is 5.10 Å². The summed E-state index contributed by atoms with van der Waals surface area (Å²) in [6.07, 6.45) is 1.74. The van der Waals surface area contributed by atoms with Gasteiger partial charge in [0.15, 0.2) is 17.5 Å². The van der Waals surface area contributed by atoms with E-state index >= 15 is 0 Å². The molecule has 5 heteroatoms. The highest BCUT2D eigenvalue weighted by Gasteiger charge is 2.08. The number of aryl methyl sites for hydroxylation is 1. The van der Waals surface area contributed by atoms with Crippen LogP contribution in [0.3, 0.4) is 0 Å². The third-order valence-electron chi connectivity index (χ3n) is 2.20. The minimum Gasteiger partial charge on any atom is -0.263 e. The molecule has 3 nitrogen and oxygen atoms in total. The normalized spacial score (nSPS) is 10.7. The van der Waals surface area contributed by atoms with Gasteiger partial charge < -0.3 is 0 Å². The van der Waals surface area contributed by atoms with Gasteiger partial charge >= 0.3 is 0 Å². The number of rotatable bonds is 3. The van der Waals surface area contributed by atoms with Crippen LogP contribution >= 0.6 is 0 Å². The first-order valence-corrected chi connectivity index (χ1v) is 5.07. The molecule has 0 aliphatic rings. The summed E-state index contributed by atoms with van der Waals surface area (Å²) in [5.41, 5.74) is 0.470. The van der Waals surface area contributed by atoms with Gasteiger partial charge in [0, 0.05) is 12.0 Å². The summed E-state index contributed by atoms with van der Waals surface area (Å²) in [4.78, 5) is 4.19. The quantitative estimate of drug-likeness (QED) is 0.869. The van der Waals surface area contributed by atoms with Gasteiger partial charge in [-0.15, -0.1) is 0 Å². The first-order chi connectivity index (χ1) is 7.70. The Labute approximate surface area is 91.5 Å². The average molecular weight is 223 g/mol. The molecule has 0 fully saturated rings. The number of nitrogens with zero attached hydrogens (tertiary/aromatic N) is 2. The Morgan fingerprint density at radius 2 is 2.06 bits per heavy atom. The Bertz CT molecular complexity index is 494. The lowest BCUT2D eigenvalue weighted by molar-refractivity contribution is 0.509. The highest BCUT2D eigenvalue weighted by Crippen LogP contribution is 2.17. The van der Waals surface area contributed by atoms with Gasteiger partial charge in [0.25, 0.3) is 0 Å². The molecule has 0 radical (unpaired) electrons. The number of aromatic amines is 1. The summed E-state index contributed by atoms with van der Waals surface area (Å²) >= 11 is 0. The number of nitrogens with one attached hydrogen (secondary N) is 1. The zero-order chi connectivity index (χ0) is 11.5. The Morgan fingerprint density at radius 1 is 1.25 bits per heavy atom. The van der Waals surface area contributed by atoms with Crippen molar-refractivity contribution in [2.45, 2.75) is 19.8 Å². The zero-order valence-electron chi connectivity index (χ0n) is 8.80. The third kappa shape index (κ3) is 2.08. The molecular formula is C11H11F2N3. The van der Waals surface area contributed by atoms with E-state index in [0.717, 1.165) is 30.8 Å². The predicted octanol–water partition coefficient (Wildman–Crippen LogP) is 2.70. The van der Waals surface area contributed by atoms with E-state index in [9.17, 15) is 8.78 Å². The van der Waals surface area contributed by atoms with Crippen molar-refractivity contribution in [1.82, 2.24) is 15.2 Å². The summed E-state index contributed by atoms with van der Waals surface area (Å²) in [6, 6.07) is 3.62. The fourth-order valence-corrected chi connectivity index (χ4v) is 1.41. The number of benzene rings is 1. The highest BCUT2D eigenvalue weighted by molar-refractivity contribution is 5.54. The molecule has 0 aliphatic heterocycles. The third-order valence-corrected chi connectivity index (χ3v) is 2.20. The number of H-pyrrole nitrogens is 1. The molecule has 0 unspecified atom stereocenters. The molecule has 0 saturated carbocycles. The molecule has 2 rings (SSSR count). The SMILES string of the molecule is CCCc1nc(-c2ccc(F)c(F)c2)n[nH]1. The summed E-state index contributed by atoms with van der Waals surface area (Å²) in [5.74, 6) is -0.614. The van der Waals surface area contributed by atoms with Crippen molar-refractivity contribution < 1.29 is 8.78 Å². The van der Waals surface area contributed by atoms with Crippen molar-refractivity contribution in [1.29, 1.82) is 0 Å². The fraction of sp³-hybridized carbons (Fsp3) is 0.273. The zero-order valence-corrected chi connectivity index (χ0v) is 8.80. The first kappa shape index (κ1) is 10.7. The van der Waals surface area contributed by atoms with E-state index < -0.39 is 11.6 Å². The molecule has 84 valence electrons. The van der Waals surface area contributed by atoms with E-state index in [0.29, 0.717) is 11.4 Å². The van der Waals surface area contributed by atoms with E-state index in [1.165, 1.54) is 6.07 Å². The van der Waals surface area contributed by atoms with Crippen LogP contribution in [0.2, 0.25) is 0 Å². The van der Waals surface area contributed by atoms with Gasteiger partial charge in [-0.05, 0) is 24.6 Å². The number of aromatic nitrogens is 3. The molecule has 1 heterocycles. The molecule has 2 aromatic rings. The molecule has 0 spiro atoms. The highest BCUT2D eigenvalue weighted by atomic mass is 19.2. The van der Waals surface area contributed by atoms with Gasteiger partial charge in [0.2, 0.25) is 0 Å². The second-order valence-electron chi connectivity index (χ2n) is 3.48. The van der Waals surface area contributed by atoms with Crippen molar-refractivity contribution in [3.05, 3.63) is 35.7 Å². The Morgan fingerprint density at radius 3 is 2.75 bits per heavy atom. The van der Waals surface area contributed by atoms with Crippen LogP contribution in [-0.2, 0) is 6.42 Å². The molecule has 0 saturated heterocycles. The molecule has 16 heavy (non-hydrogen) atoms. The van der Waals surface area contributed by atoms with Gasteiger partial charge in [-0.2, -0.15) is 5.10 Å². The largest absolute Gasteiger partial charge is 0.263 e. The van der Waals surface area contributed by atoms with E-state index in [1.807, 2.05) is 6.92 Å². The van der Waals surface area contributed by atoms with Gasteiger partial charge in [0.1, 0.15) is 5.82 Å².